The molecule has 0 heterocycles. The second-order valence-corrected chi connectivity index (χ2v) is 14.2. The standard InChI is InChI=1S/C37H58O4/c1-6-7-8-9-12-35(40)37(22-23-37)21-19-31(41-5)16-13-26(2)32-17-18-33-28(11-10-20-36(32,33)4)14-15-29-24-30(38)25-34(39)27(29)3/h13-16,26,30-34,38-39H,3,6-12,17-25H2,1-2,4-5H3/b16-13+,28-14+,29-15-/t26-,30-,31+,32-,33+,34+,36-/m1/s1. The molecule has 4 aliphatic carbocycles. The van der Waals surface area contributed by atoms with E-state index in [-0.39, 0.29) is 11.5 Å². The largest absolute Gasteiger partial charge is 0.393 e. The third kappa shape index (κ3) is 7.73. The number of hydrogen-bond acceptors (Lipinski definition) is 4. The van der Waals surface area contributed by atoms with Gasteiger partial charge in [-0.25, -0.2) is 0 Å². The number of unbranched alkanes of at least 4 members (excludes halogenated alkanes) is 3. The van der Waals surface area contributed by atoms with E-state index in [1.807, 2.05) is 7.11 Å². The van der Waals surface area contributed by atoms with E-state index >= 15 is 0 Å². The Morgan fingerprint density at radius 1 is 1.12 bits per heavy atom. The molecular weight excluding hydrogens is 508 g/mol. The van der Waals surface area contributed by atoms with Crippen molar-refractivity contribution in [2.24, 2.45) is 28.6 Å². The molecule has 0 amide bonds. The van der Waals surface area contributed by atoms with E-state index in [1.54, 1.807) is 0 Å². The number of allylic oxidation sites excluding steroid dienone is 4. The highest BCUT2D eigenvalue weighted by atomic mass is 16.5. The highest BCUT2D eigenvalue weighted by Crippen LogP contribution is 2.59. The van der Waals surface area contributed by atoms with Gasteiger partial charge in [0.05, 0.1) is 18.3 Å². The number of fused-ring (bicyclic) bond motifs is 1. The fraction of sp³-hybridized carbons (Fsp3) is 0.757. The van der Waals surface area contributed by atoms with Gasteiger partial charge < -0.3 is 14.9 Å². The van der Waals surface area contributed by atoms with Gasteiger partial charge in [-0.1, -0.05) is 76.5 Å². The summed E-state index contributed by atoms with van der Waals surface area (Å²) in [7, 11) is 1.81. The molecule has 0 aliphatic heterocycles. The normalized spacial score (nSPS) is 34.7. The average molecular weight is 567 g/mol. The smallest absolute Gasteiger partial charge is 0.139 e. The zero-order valence-corrected chi connectivity index (χ0v) is 26.5. The van der Waals surface area contributed by atoms with Gasteiger partial charge >= 0.3 is 0 Å². The lowest BCUT2D eigenvalue weighted by molar-refractivity contribution is -0.124. The number of carbonyl (C=O) groups is 1. The summed E-state index contributed by atoms with van der Waals surface area (Å²) in [6.07, 6.45) is 24.7. The van der Waals surface area contributed by atoms with Gasteiger partial charge in [-0.2, -0.15) is 0 Å². The van der Waals surface area contributed by atoms with Crippen LogP contribution < -0.4 is 0 Å². The monoisotopic (exact) mass is 566 g/mol. The molecule has 0 aromatic carbocycles. The molecule has 0 radical (unpaired) electrons. The Balaban J connectivity index is 1.34. The maximum Gasteiger partial charge on any atom is 0.139 e. The van der Waals surface area contributed by atoms with Crippen molar-refractivity contribution in [3.8, 4) is 0 Å². The molecule has 4 rings (SSSR count). The highest BCUT2D eigenvalue weighted by molar-refractivity contribution is 5.87. The second kappa shape index (κ2) is 14.3. The second-order valence-electron chi connectivity index (χ2n) is 14.2. The molecule has 2 N–H and O–H groups in total. The van der Waals surface area contributed by atoms with Gasteiger partial charge in [0.2, 0.25) is 0 Å². The number of hydrogen-bond donors (Lipinski definition) is 2. The van der Waals surface area contributed by atoms with Gasteiger partial charge in [-0.3, -0.25) is 4.79 Å². The third-order valence-corrected chi connectivity index (χ3v) is 11.5. The first kappa shape index (κ1) is 32.4. The predicted molar refractivity (Wildman–Crippen MR) is 168 cm³/mol. The van der Waals surface area contributed by atoms with Gasteiger partial charge in [0, 0.05) is 25.4 Å². The van der Waals surface area contributed by atoms with E-state index in [4.69, 9.17) is 4.74 Å². The number of carbonyl (C=O) groups excluding carboxylic acids is 1. The van der Waals surface area contributed by atoms with Crippen molar-refractivity contribution in [1.29, 1.82) is 0 Å². The van der Waals surface area contributed by atoms with Crippen molar-refractivity contribution in [3.63, 3.8) is 0 Å². The number of aliphatic hydroxyl groups excluding tert-OH is 2. The molecule has 230 valence electrons. The summed E-state index contributed by atoms with van der Waals surface area (Å²) in [5.41, 5.74) is 3.55. The average Bonchev–Trinajstić information content (AvgIpc) is 3.66. The fourth-order valence-corrected chi connectivity index (χ4v) is 8.55. The van der Waals surface area contributed by atoms with Crippen molar-refractivity contribution in [1.82, 2.24) is 0 Å². The minimum atomic E-state index is -0.634. The molecule has 0 spiro atoms. The molecule has 4 aliphatic rings. The minimum absolute atomic E-state index is 0.0467. The van der Waals surface area contributed by atoms with E-state index in [9.17, 15) is 15.0 Å². The van der Waals surface area contributed by atoms with Crippen LogP contribution in [0.1, 0.15) is 124 Å². The van der Waals surface area contributed by atoms with Gasteiger partial charge in [-0.05, 0) is 105 Å². The summed E-state index contributed by atoms with van der Waals surface area (Å²) < 4.78 is 5.89. The molecule has 0 aromatic heterocycles. The van der Waals surface area contributed by atoms with Crippen molar-refractivity contribution in [3.05, 3.63) is 47.6 Å². The molecule has 7 atom stereocenters. The third-order valence-electron chi connectivity index (χ3n) is 11.5. The summed E-state index contributed by atoms with van der Waals surface area (Å²) in [5.74, 6) is 2.23. The van der Waals surface area contributed by atoms with E-state index < -0.39 is 12.2 Å². The molecular formula is C37H58O4. The molecule has 0 bridgehead atoms. The van der Waals surface area contributed by atoms with Crippen LogP contribution in [0.5, 0.6) is 0 Å². The van der Waals surface area contributed by atoms with Crippen LogP contribution in [0.15, 0.2) is 47.6 Å². The van der Waals surface area contributed by atoms with Crippen LogP contribution >= 0.6 is 0 Å². The van der Waals surface area contributed by atoms with E-state index in [1.165, 1.54) is 50.5 Å². The molecule has 0 unspecified atom stereocenters. The topological polar surface area (TPSA) is 66.8 Å². The van der Waals surface area contributed by atoms with Crippen LogP contribution in [0.25, 0.3) is 0 Å². The molecule has 41 heavy (non-hydrogen) atoms. The quantitative estimate of drug-likeness (QED) is 0.164. The first-order valence-electron chi connectivity index (χ1n) is 16.8. The maximum atomic E-state index is 12.9. The number of aliphatic hydroxyl groups is 2. The number of rotatable bonds is 14. The SMILES string of the molecule is C=C1/C(=C\C=C2/CCC[C@]3(C)[C@@H]([C@H](C)/C=C/[C@@H](CCC4(C(=O)CCCCCC)CC4)OC)CC[C@@H]23)C[C@@H](O)C[C@@H]1O. The Morgan fingerprint density at radius 2 is 1.90 bits per heavy atom. The summed E-state index contributed by atoms with van der Waals surface area (Å²) >= 11 is 0. The zero-order valence-electron chi connectivity index (χ0n) is 26.5. The first-order valence-corrected chi connectivity index (χ1v) is 16.8. The number of Topliss-reactive ketones (excluding diaryl/α,β-unsaturated/α-hetero) is 1. The van der Waals surface area contributed by atoms with E-state index in [0.29, 0.717) is 41.8 Å². The molecule has 0 aromatic rings. The zero-order chi connectivity index (χ0) is 29.6. The van der Waals surface area contributed by atoms with Crippen LogP contribution in [0.4, 0.5) is 0 Å². The van der Waals surface area contributed by atoms with Crippen molar-refractivity contribution < 1.29 is 19.7 Å². The van der Waals surface area contributed by atoms with Crippen molar-refractivity contribution >= 4 is 5.78 Å². The maximum absolute atomic E-state index is 12.9. The Kier molecular flexibility index (Phi) is 11.3. The molecule has 4 heteroatoms. The molecule has 0 saturated heterocycles. The molecule has 4 fully saturated rings. The number of ketones is 1. The van der Waals surface area contributed by atoms with Gasteiger partial charge in [0.25, 0.3) is 0 Å². The van der Waals surface area contributed by atoms with E-state index in [0.717, 1.165) is 56.1 Å². The fourth-order valence-electron chi connectivity index (χ4n) is 8.55. The van der Waals surface area contributed by atoms with Gasteiger partial charge in [0.1, 0.15) is 5.78 Å². The van der Waals surface area contributed by atoms with Crippen molar-refractivity contribution in [2.75, 3.05) is 7.11 Å². The summed E-state index contributed by atoms with van der Waals surface area (Å²) in [4.78, 5) is 12.9. The van der Waals surface area contributed by atoms with Gasteiger partial charge in [0.15, 0.2) is 0 Å². The molecule has 4 saturated carbocycles. The van der Waals surface area contributed by atoms with Gasteiger partial charge in [-0.15, -0.1) is 0 Å². The Bertz CT molecular complexity index is 1000. The Labute approximate surface area is 250 Å². The van der Waals surface area contributed by atoms with Crippen LogP contribution in [-0.2, 0) is 9.53 Å². The summed E-state index contributed by atoms with van der Waals surface area (Å²) in [6.45, 7) is 11.2. The van der Waals surface area contributed by atoms with Crippen LogP contribution in [0.3, 0.4) is 0 Å². The summed E-state index contributed by atoms with van der Waals surface area (Å²) in [6, 6.07) is 0. The lowest BCUT2D eigenvalue weighted by Crippen LogP contribution is -2.35. The minimum Gasteiger partial charge on any atom is -0.393 e. The molecule has 4 nitrogen and oxygen atoms in total. The van der Waals surface area contributed by atoms with Crippen LogP contribution in [0.2, 0.25) is 0 Å². The predicted octanol–water partition coefficient (Wildman–Crippen LogP) is 8.43. The lowest BCUT2D eigenvalue weighted by atomic mass is 9.61. The number of ether oxygens (including phenoxy) is 1. The van der Waals surface area contributed by atoms with Crippen LogP contribution in [-0.4, -0.2) is 41.4 Å². The first-order chi connectivity index (χ1) is 19.6. The lowest BCUT2D eigenvalue weighted by Gasteiger charge is -2.44. The Hall–Kier alpha value is -1.49. The number of methoxy groups -OCH3 is 1. The van der Waals surface area contributed by atoms with E-state index in [2.05, 4.69) is 51.7 Å². The highest BCUT2D eigenvalue weighted by Gasteiger charge is 2.50. The van der Waals surface area contributed by atoms with Crippen molar-refractivity contribution in [2.45, 2.75) is 142 Å². The van der Waals surface area contributed by atoms with Crippen LogP contribution in [0, 0.1) is 28.6 Å². The summed E-state index contributed by atoms with van der Waals surface area (Å²) in [5, 5.41) is 20.4. The Morgan fingerprint density at radius 3 is 2.61 bits per heavy atom.